The summed E-state index contributed by atoms with van der Waals surface area (Å²) in [4.78, 5) is 10.2. The molecule has 0 saturated heterocycles. The minimum absolute atomic E-state index is 0.242. The number of rotatable bonds is 4. The number of aliphatic carboxylic acids is 1. The van der Waals surface area contributed by atoms with Gasteiger partial charge in [0.05, 0.1) is 12.5 Å². The van der Waals surface area contributed by atoms with Crippen LogP contribution in [-0.2, 0) is 4.79 Å². The molecule has 0 aromatic heterocycles. The van der Waals surface area contributed by atoms with E-state index in [1.54, 1.807) is 6.92 Å². The zero-order chi connectivity index (χ0) is 7.28. The number of carboxylic acids is 1. The summed E-state index contributed by atoms with van der Waals surface area (Å²) in [6, 6.07) is 0. The van der Waals surface area contributed by atoms with Crippen LogP contribution in [-0.4, -0.2) is 16.2 Å². The molecule has 0 amide bonds. The highest BCUT2D eigenvalue weighted by molar-refractivity contribution is 5.69. The second-order valence-electron chi connectivity index (χ2n) is 1.86. The highest BCUT2D eigenvalue weighted by atomic mass is 16.4. The van der Waals surface area contributed by atoms with Crippen LogP contribution in [0.15, 0.2) is 0 Å². The van der Waals surface area contributed by atoms with Crippen LogP contribution in [0.1, 0.15) is 19.8 Å². The van der Waals surface area contributed by atoms with Gasteiger partial charge in [-0.15, -0.1) is 0 Å². The molecule has 0 rings (SSSR count). The maximum absolute atomic E-state index is 10.2. The normalized spacial score (nSPS) is 13.1. The predicted molar refractivity (Wildman–Crippen MR) is 32.3 cm³/mol. The van der Waals surface area contributed by atoms with E-state index in [1.807, 2.05) is 0 Å². The van der Waals surface area contributed by atoms with Gasteiger partial charge in [-0.25, -0.2) is 0 Å². The molecular weight excluding hydrogens is 120 g/mol. The SMILES string of the molecule is CCC(C[CH]O)C(=O)O. The van der Waals surface area contributed by atoms with E-state index in [0.717, 1.165) is 6.61 Å². The largest absolute Gasteiger partial charge is 0.481 e. The zero-order valence-electron chi connectivity index (χ0n) is 5.37. The molecule has 53 valence electrons. The van der Waals surface area contributed by atoms with Crippen LogP contribution in [0.2, 0.25) is 0 Å². The van der Waals surface area contributed by atoms with Crippen molar-refractivity contribution in [2.24, 2.45) is 5.92 Å². The number of carboxylic acid groups (broad SMARTS) is 1. The van der Waals surface area contributed by atoms with E-state index < -0.39 is 11.9 Å². The number of aliphatic hydroxyl groups is 1. The average molecular weight is 131 g/mol. The molecule has 9 heavy (non-hydrogen) atoms. The Morgan fingerprint density at radius 2 is 2.33 bits per heavy atom. The summed E-state index contributed by atoms with van der Waals surface area (Å²) in [5, 5.41) is 16.6. The summed E-state index contributed by atoms with van der Waals surface area (Å²) in [5.74, 6) is -1.27. The molecule has 0 aromatic carbocycles. The quantitative estimate of drug-likeness (QED) is 0.598. The average Bonchev–Trinajstić information content (AvgIpc) is 1.82. The third-order valence-corrected chi connectivity index (χ3v) is 1.23. The first-order chi connectivity index (χ1) is 4.22. The van der Waals surface area contributed by atoms with Gasteiger partial charge in [0.15, 0.2) is 0 Å². The molecule has 0 bridgehead atoms. The molecule has 0 aromatic rings. The Morgan fingerprint density at radius 3 is 2.44 bits per heavy atom. The van der Waals surface area contributed by atoms with Gasteiger partial charge >= 0.3 is 5.97 Å². The van der Waals surface area contributed by atoms with E-state index in [2.05, 4.69) is 0 Å². The van der Waals surface area contributed by atoms with Gasteiger partial charge in [0.1, 0.15) is 0 Å². The first kappa shape index (κ1) is 8.43. The second kappa shape index (κ2) is 4.32. The van der Waals surface area contributed by atoms with Gasteiger partial charge in [-0.05, 0) is 12.8 Å². The lowest BCUT2D eigenvalue weighted by atomic mass is 10.0. The Hall–Kier alpha value is -0.570. The highest BCUT2D eigenvalue weighted by Crippen LogP contribution is 2.08. The van der Waals surface area contributed by atoms with Crippen molar-refractivity contribution in [3.8, 4) is 0 Å². The van der Waals surface area contributed by atoms with Crippen molar-refractivity contribution in [1.29, 1.82) is 0 Å². The van der Waals surface area contributed by atoms with E-state index in [-0.39, 0.29) is 6.42 Å². The van der Waals surface area contributed by atoms with E-state index >= 15 is 0 Å². The molecule has 0 aliphatic carbocycles. The number of hydrogen-bond donors (Lipinski definition) is 2. The first-order valence-corrected chi connectivity index (χ1v) is 2.91. The molecule has 0 saturated carbocycles. The van der Waals surface area contributed by atoms with Crippen LogP contribution in [0.5, 0.6) is 0 Å². The van der Waals surface area contributed by atoms with Gasteiger partial charge in [-0.3, -0.25) is 4.79 Å². The second-order valence-corrected chi connectivity index (χ2v) is 1.86. The lowest BCUT2D eigenvalue weighted by molar-refractivity contribution is -0.142. The Balaban J connectivity index is 3.54. The summed E-state index contributed by atoms with van der Waals surface area (Å²) in [7, 11) is 0. The molecule has 0 spiro atoms. The maximum atomic E-state index is 10.2. The van der Waals surface area contributed by atoms with Gasteiger partial charge in [0.2, 0.25) is 0 Å². The lowest BCUT2D eigenvalue weighted by Gasteiger charge is -2.04. The topological polar surface area (TPSA) is 57.5 Å². The van der Waals surface area contributed by atoms with Gasteiger partial charge < -0.3 is 10.2 Å². The standard InChI is InChI=1S/C6H11O3/c1-2-5(3-4-7)6(8)9/h4-5,7H,2-3H2,1H3,(H,8,9). The van der Waals surface area contributed by atoms with Crippen LogP contribution in [0.25, 0.3) is 0 Å². The molecule has 0 aliphatic rings. The van der Waals surface area contributed by atoms with Crippen molar-refractivity contribution in [1.82, 2.24) is 0 Å². The fourth-order valence-corrected chi connectivity index (χ4v) is 0.569. The van der Waals surface area contributed by atoms with Gasteiger partial charge in [-0.1, -0.05) is 6.92 Å². The molecule has 2 N–H and O–H groups in total. The smallest absolute Gasteiger partial charge is 0.306 e. The van der Waals surface area contributed by atoms with E-state index in [0.29, 0.717) is 6.42 Å². The summed E-state index contributed by atoms with van der Waals surface area (Å²) >= 11 is 0. The Bertz CT molecular complexity index is 90.3. The minimum Gasteiger partial charge on any atom is -0.481 e. The predicted octanol–water partition coefficient (Wildman–Crippen LogP) is 1.02. The molecule has 0 fully saturated rings. The van der Waals surface area contributed by atoms with Crippen molar-refractivity contribution in [2.75, 3.05) is 0 Å². The van der Waals surface area contributed by atoms with E-state index in [9.17, 15) is 4.79 Å². The van der Waals surface area contributed by atoms with Crippen molar-refractivity contribution in [2.45, 2.75) is 19.8 Å². The fourth-order valence-electron chi connectivity index (χ4n) is 0.569. The molecule has 0 aliphatic heterocycles. The van der Waals surface area contributed by atoms with Crippen molar-refractivity contribution < 1.29 is 15.0 Å². The monoisotopic (exact) mass is 131 g/mol. The Kier molecular flexibility index (Phi) is 4.05. The fraction of sp³-hybridized carbons (Fsp3) is 0.667. The maximum Gasteiger partial charge on any atom is 0.306 e. The van der Waals surface area contributed by atoms with Crippen molar-refractivity contribution >= 4 is 5.97 Å². The summed E-state index contributed by atoms with van der Waals surface area (Å²) in [6.45, 7) is 2.67. The summed E-state index contributed by atoms with van der Waals surface area (Å²) in [6.07, 6.45) is 0.804. The number of carbonyl (C=O) groups is 1. The van der Waals surface area contributed by atoms with Crippen LogP contribution >= 0.6 is 0 Å². The Morgan fingerprint density at radius 1 is 1.78 bits per heavy atom. The Labute approximate surface area is 54.3 Å². The number of hydrogen-bond acceptors (Lipinski definition) is 2. The summed E-state index contributed by atoms with van der Waals surface area (Å²) < 4.78 is 0. The minimum atomic E-state index is -0.845. The van der Waals surface area contributed by atoms with Gasteiger partial charge in [-0.2, -0.15) is 0 Å². The molecular formula is C6H11O3. The third kappa shape index (κ3) is 3.08. The third-order valence-electron chi connectivity index (χ3n) is 1.23. The molecule has 1 atom stereocenters. The first-order valence-electron chi connectivity index (χ1n) is 2.91. The molecule has 0 heterocycles. The van der Waals surface area contributed by atoms with Crippen LogP contribution in [0.4, 0.5) is 0 Å². The van der Waals surface area contributed by atoms with Crippen LogP contribution in [0.3, 0.4) is 0 Å². The molecule has 3 nitrogen and oxygen atoms in total. The highest BCUT2D eigenvalue weighted by Gasteiger charge is 2.12. The van der Waals surface area contributed by atoms with Crippen molar-refractivity contribution in [3.05, 3.63) is 6.61 Å². The van der Waals surface area contributed by atoms with Crippen molar-refractivity contribution in [3.63, 3.8) is 0 Å². The van der Waals surface area contributed by atoms with Crippen LogP contribution < -0.4 is 0 Å². The lowest BCUT2D eigenvalue weighted by Crippen LogP contribution is -2.12. The van der Waals surface area contributed by atoms with Gasteiger partial charge in [0, 0.05) is 0 Å². The molecule has 1 unspecified atom stereocenters. The number of aliphatic hydroxyl groups excluding tert-OH is 1. The molecule has 1 radical (unpaired) electrons. The van der Waals surface area contributed by atoms with E-state index in [1.165, 1.54) is 0 Å². The zero-order valence-corrected chi connectivity index (χ0v) is 5.37. The van der Waals surface area contributed by atoms with Crippen LogP contribution in [0, 0.1) is 12.5 Å². The van der Waals surface area contributed by atoms with E-state index in [4.69, 9.17) is 10.2 Å². The molecule has 3 heteroatoms. The summed E-state index contributed by atoms with van der Waals surface area (Å²) in [5.41, 5.74) is 0. The van der Waals surface area contributed by atoms with Gasteiger partial charge in [0.25, 0.3) is 0 Å².